The van der Waals surface area contributed by atoms with Crippen molar-refractivity contribution >= 4 is 11.9 Å². The van der Waals surface area contributed by atoms with E-state index in [0.29, 0.717) is 19.6 Å². The number of nitrogens with one attached hydrogen (secondary N) is 1. The van der Waals surface area contributed by atoms with E-state index in [2.05, 4.69) is 5.32 Å². The molecule has 2 heterocycles. The third kappa shape index (κ3) is 2.28. The van der Waals surface area contributed by atoms with Gasteiger partial charge in [-0.2, -0.15) is 0 Å². The number of carbonyl (C=O) groups is 2. The maximum absolute atomic E-state index is 11.7. The summed E-state index contributed by atoms with van der Waals surface area (Å²) in [6.45, 7) is 6.53. The highest BCUT2D eigenvalue weighted by Gasteiger charge is 2.49. The minimum Gasteiger partial charge on any atom is -0.371 e. The van der Waals surface area contributed by atoms with Gasteiger partial charge < -0.3 is 9.47 Å². The molecule has 0 radical (unpaired) electrons. The van der Waals surface area contributed by atoms with Crippen molar-refractivity contribution in [2.75, 3.05) is 13.2 Å². The highest BCUT2D eigenvalue weighted by atomic mass is 16.6. The number of amides is 3. The third-order valence-corrected chi connectivity index (χ3v) is 3.11. The van der Waals surface area contributed by atoms with Gasteiger partial charge in [-0.05, 0) is 20.3 Å². The second-order valence-electron chi connectivity index (χ2n) is 4.84. The average molecular weight is 242 g/mol. The minimum absolute atomic E-state index is 0.147. The van der Waals surface area contributed by atoms with Crippen molar-refractivity contribution in [3.8, 4) is 0 Å². The zero-order valence-corrected chi connectivity index (χ0v) is 10.4. The molecule has 2 aliphatic heterocycles. The molecule has 2 fully saturated rings. The van der Waals surface area contributed by atoms with Crippen LogP contribution in [0.4, 0.5) is 4.79 Å². The van der Waals surface area contributed by atoms with Crippen LogP contribution >= 0.6 is 0 Å². The maximum atomic E-state index is 11.7. The Balaban J connectivity index is 2.05. The van der Waals surface area contributed by atoms with Crippen molar-refractivity contribution in [3.05, 3.63) is 0 Å². The molecule has 2 rings (SSSR count). The Hall–Kier alpha value is -1.14. The monoisotopic (exact) mass is 242 g/mol. The fourth-order valence-electron chi connectivity index (χ4n) is 1.92. The normalized spacial score (nSPS) is 28.2. The number of epoxide rings is 1. The van der Waals surface area contributed by atoms with E-state index in [0.717, 1.165) is 0 Å². The molecule has 6 heteroatoms. The van der Waals surface area contributed by atoms with E-state index in [-0.39, 0.29) is 24.3 Å². The summed E-state index contributed by atoms with van der Waals surface area (Å²) in [5, 5.41) is 2.31. The lowest BCUT2D eigenvalue weighted by atomic mass is 10.0. The summed E-state index contributed by atoms with van der Waals surface area (Å²) in [5.74, 6) is -0.285. The highest BCUT2D eigenvalue weighted by molar-refractivity contribution is 6.06. The van der Waals surface area contributed by atoms with Crippen LogP contribution < -0.4 is 5.32 Å². The number of carbonyl (C=O) groups excluding carboxylic acids is 2. The molecule has 0 bridgehead atoms. The molecule has 0 aromatic heterocycles. The van der Waals surface area contributed by atoms with Gasteiger partial charge in [0.25, 0.3) is 5.91 Å². The fourth-order valence-corrected chi connectivity index (χ4v) is 1.92. The Morgan fingerprint density at radius 2 is 2.24 bits per heavy atom. The van der Waals surface area contributed by atoms with Crippen molar-refractivity contribution in [3.63, 3.8) is 0 Å². The number of ether oxygens (including phenoxy) is 2. The van der Waals surface area contributed by atoms with Gasteiger partial charge in [0.1, 0.15) is 17.9 Å². The van der Waals surface area contributed by atoms with Gasteiger partial charge in [0, 0.05) is 0 Å². The van der Waals surface area contributed by atoms with E-state index >= 15 is 0 Å². The Kier molecular flexibility index (Phi) is 3.09. The van der Waals surface area contributed by atoms with Crippen LogP contribution in [0.3, 0.4) is 0 Å². The van der Waals surface area contributed by atoms with Crippen molar-refractivity contribution in [1.29, 1.82) is 0 Å². The van der Waals surface area contributed by atoms with E-state index in [4.69, 9.17) is 9.47 Å². The van der Waals surface area contributed by atoms with Gasteiger partial charge in [0.05, 0.1) is 13.2 Å². The van der Waals surface area contributed by atoms with Gasteiger partial charge in [-0.25, -0.2) is 4.79 Å². The molecule has 2 atom stereocenters. The predicted molar refractivity (Wildman–Crippen MR) is 59.2 cm³/mol. The zero-order chi connectivity index (χ0) is 12.6. The number of imide groups is 1. The standard InChI is InChI=1S/C11H18N2O4/c1-4-8(17-6-7-5-16-7)13-10(15)12-9(14)11(13,2)3/h7-8H,4-6H2,1-3H3,(H,12,14,15). The lowest BCUT2D eigenvalue weighted by Crippen LogP contribution is -2.51. The van der Waals surface area contributed by atoms with Crippen molar-refractivity contribution in [2.24, 2.45) is 0 Å². The number of hydrogen-bond donors (Lipinski definition) is 1. The summed E-state index contributed by atoms with van der Waals surface area (Å²) in [6, 6.07) is -0.386. The molecule has 17 heavy (non-hydrogen) atoms. The molecule has 0 aliphatic carbocycles. The average Bonchev–Trinajstić information content (AvgIpc) is 3.03. The lowest BCUT2D eigenvalue weighted by Gasteiger charge is -2.34. The molecule has 3 amide bonds. The SMILES string of the molecule is CCC(OCC1CO1)N1C(=O)NC(=O)C1(C)C. The van der Waals surface area contributed by atoms with E-state index in [1.54, 1.807) is 13.8 Å². The van der Waals surface area contributed by atoms with E-state index in [9.17, 15) is 9.59 Å². The molecule has 0 aromatic carbocycles. The van der Waals surface area contributed by atoms with Gasteiger partial charge in [0.2, 0.25) is 0 Å². The summed E-state index contributed by atoms with van der Waals surface area (Å²) in [6.07, 6.45) is 0.394. The summed E-state index contributed by atoms with van der Waals surface area (Å²) < 4.78 is 10.7. The third-order valence-electron chi connectivity index (χ3n) is 3.11. The molecule has 2 unspecified atom stereocenters. The van der Waals surface area contributed by atoms with E-state index in [1.807, 2.05) is 6.92 Å². The molecular formula is C11H18N2O4. The largest absolute Gasteiger partial charge is 0.371 e. The van der Waals surface area contributed by atoms with Crippen LogP contribution in [0.2, 0.25) is 0 Å². The first-order chi connectivity index (χ1) is 7.96. The molecule has 96 valence electrons. The van der Waals surface area contributed by atoms with Crippen LogP contribution in [0, 0.1) is 0 Å². The quantitative estimate of drug-likeness (QED) is 0.562. The molecule has 0 aromatic rings. The first-order valence-electron chi connectivity index (χ1n) is 5.84. The van der Waals surface area contributed by atoms with Crippen LogP contribution in [-0.2, 0) is 14.3 Å². The second kappa shape index (κ2) is 4.27. The van der Waals surface area contributed by atoms with Crippen LogP contribution in [-0.4, -0.2) is 47.9 Å². The van der Waals surface area contributed by atoms with Gasteiger partial charge in [0.15, 0.2) is 0 Å². The van der Waals surface area contributed by atoms with Crippen molar-refractivity contribution in [2.45, 2.75) is 45.1 Å². The minimum atomic E-state index is -0.859. The number of rotatable bonds is 5. The van der Waals surface area contributed by atoms with Gasteiger partial charge in [-0.15, -0.1) is 0 Å². The number of hydrogen-bond acceptors (Lipinski definition) is 4. The smallest absolute Gasteiger partial charge is 0.327 e. The van der Waals surface area contributed by atoms with Gasteiger partial charge in [-0.1, -0.05) is 6.92 Å². The van der Waals surface area contributed by atoms with Crippen molar-refractivity contribution in [1.82, 2.24) is 10.2 Å². The molecular weight excluding hydrogens is 224 g/mol. The predicted octanol–water partition coefficient (Wildman–Crippen LogP) is 0.468. The van der Waals surface area contributed by atoms with E-state index < -0.39 is 5.54 Å². The van der Waals surface area contributed by atoms with Crippen LogP contribution in [0.5, 0.6) is 0 Å². The van der Waals surface area contributed by atoms with Crippen LogP contribution in [0.15, 0.2) is 0 Å². The highest BCUT2D eigenvalue weighted by Crippen LogP contribution is 2.26. The Labute approximate surface area is 100 Å². The van der Waals surface area contributed by atoms with E-state index in [1.165, 1.54) is 4.90 Å². The van der Waals surface area contributed by atoms with Gasteiger partial charge in [-0.3, -0.25) is 15.0 Å². The fraction of sp³-hybridized carbons (Fsp3) is 0.818. The second-order valence-corrected chi connectivity index (χ2v) is 4.84. The number of urea groups is 1. The first-order valence-corrected chi connectivity index (χ1v) is 5.84. The Morgan fingerprint density at radius 3 is 2.65 bits per heavy atom. The Morgan fingerprint density at radius 1 is 1.59 bits per heavy atom. The van der Waals surface area contributed by atoms with Crippen LogP contribution in [0.1, 0.15) is 27.2 Å². The number of nitrogens with zero attached hydrogens (tertiary/aromatic N) is 1. The summed E-state index contributed by atoms with van der Waals surface area (Å²) in [4.78, 5) is 24.8. The summed E-state index contributed by atoms with van der Waals surface area (Å²) in [5.41, 5.74) is -0.859. The van der Waals surface area contributed by atoms with Crippen molar-refractivity contribution < 1.29 is 19.1 Å². The molecule has 6 nitrogen and oxygen atoms in total. The first kappa shape index (κ1) is 12.3. The van der Waals surface area contributed by atoms with Crippen LogP contribution in [0.25, 0.3) is 0 Å². The molecule has 2 aliphatic rings. The maximum Gasteiger partial charge on any atom is 0.327 e. The summed E-state index contributed by atoms with van der Waals surface area (Å²) >= 11 is 0. The molecule has 1 N–H and O–H groups in total. The summed E-state index contributed by atoms with van der Waals surface area (Å²) in [7, 11) is 0. The molecule has 0 spiro atoms. The van der Waals surface area contributed by atoms with Gasteiger partial charge >= 0.3 is 6.03 Å². The lowest BCUT2D eigenvalue weighted by molar-refractivity contribution is -0.131. The molecule has 0 saturated carbocycles. The Bertz CT molecular complexity index is 338. The molecule has 2 saturated heterocycles. The topological polar surface area (TPSA) is 71.2 Å². The zero-order valence-electron chi connectivity index (χ0n) is 10.4.